The number of benzene rings is 1. The lowest BCUT2D eigenvalue weighted by molar-refractivity contribution is -0.119. The van der Waals surface area contributed by atoms with Crippen molar-refractivity contribution in [3.8, 4) is 0 Å². The number of nitrogens with zero attached hydrogens (tertiary/aromatic N) is 1. The third kappa shape index (κ3) is 2.62. The van der Waals surface area contributed by atoms with E-state index in [9.17, 15) is 4.79 Å². The van der Waals surface area contributed by atoms with Gasteiger partial charge in [0.1, 0.15) is 0 Å². The first-order chi connectivity index (χ1) is 9.38. The topological polar surface area (TPSA) is 20.3 Å². The Hall–Kier alpha value is -1.28. The summed E-state index contributed by atoms with van der Waals surface area (Å²) in [7, 11) is 0. The van der Waals surface area contributed by atoms with Crippen LogP contribution in [0.25, 0.3) is 5.57 Å². The van der Waals surface area contributed by atoms with Crippen LogP contribution in [0.2, 0.25) is 0 Å². The van der Waals surface area contributed by atoms with E-state index in [2.05, 4.69) is 45.9 Å². The molecule has 2 nitrogen and oxygen atoms in total. The van der Waals surface area contributed by atoms with Crippen LogP contribution in [0, 0.1) is 6.92 Å². The van der Waals surface area contributed by atoms with Crippen LogP contribution in [0.4, 0.5) is 5.69 Å². The Bertz CT molecular complexity index is 560. The molecule has 0 N–H and O–H groups in total. The Balaban J connectivity index is 2.53. The van der Waals surface area contributed by atoms with Gasteiger partial charge in [-0.25, -0.2) is 0 Å². The van der Waals surface area contributed by atoms with Crippen molar-refractivity contribution in [3.05, 3.63) is 35.4 Å². The number of aryl methyl sites for hydroxylation is 1. The molecule has 0 aromatic heterocycles. The van der Waals surface area contributed by atoms with E-state index in [1.54, 1.807) is 0 Å². The van der Waals surface area contributed by atoms with E-state index in [-0.39, 0.29) is 11.4 Å². The number of para-hydroxylation sites is 1. The molecule has 0 radical (unpaired) electrons. The lowest BCUT2D eigenvalue weighted by Gasteiger charge is -2.42. The number of hydrogen-bond acceptors (Lipinski definition) is 1. The molecular weight excluding hydrogens is 270 g/mol. The van der Waals surface area contributed by atoms with E-state index in [0.29, 0.717) is 12.3 Å². The molecule has 1 aliphatic heterocycles. The highest BCUT2D eigenvalue weighted by Crippen LogP contribution is 2.41. The van der Waals surface area contributed by atoms with Crippen molar-refractivity contribution in [1.29, 1.82) is 0 Å². The van der Waals surface area contributed by atoms with Gasteiger partial charge in [-0.2, -0.15) is 0 Å². The first kappa shape index (κ1) is 15.1. The zero-order chi connectivity index (χ0) is 14.9. The molecule has 0 unspecified atom stereocenters. The molecular formula is C17H22ClNO. The van der Waals surface area contributed by atoms with Gasteiger partial charge >= 0.3 is 0 Å². The maximum atomic E-state index is 12.6. The SMILES string of the molecule is CC1=CC(C)(C)N(C(=O)CCCCl)c2c(C)cccc21. The molecule has 1 amide bonds. The average molecular weight is 292 g/mol. The number of amides is 1. The molecule has 0 fully saturated rings. The molecule has 0 bridgehead atoms. The number of allylic oxidation sites excluding steroid dienone is 1. The van der Waals surface area contributed by atoms with Gasteiger partial charge in [0.2, 0.25) is 5.91 Å². The normalized spacial score (nSPS) is 16.6. The van der Waals surface area contributed by atoms with E-state index in [1.165, 1.54) is 5.57 Å². The van der Waals surface area contributed by atoms with E-state index in [1.807, 2.05) is 11.0 Å². The van der Waals surface area contributed by atoms with Crippen LogP contribution >= 0.6 is 11.6 Å². The Morgan fingerprint density at radius 1 is 1.30 bits per heavy atom. The molecule has 1 aliphatic rings. The number of alkyl halides is 1. The van der Waals surface area contributed by atoms with Crippen molar-refractivity contribution >= 4 is 28.8 Å². The summed E-state index contributed by atoms with van der Waals surface area (Å²) in [6, 6.07) is 6.20. The average Bonchev–Trinajstić information content (AvgIpc) is 2.36. The lowest BCUT2D eigenvalue weighted by Crippen LogP contribution is -2.49. The highest BCUT2D eigenvalue weighted by atomic mass is 35.5. The van der Waals surface area contributed by atoms with Crippen LogP contribution in [-0.4, -0.2) is 17.3 Å². The second kappa shape index (κ2) is 5.61. The minimum Gasteiger partial charge on any atom is -0.302 e. The number of anilines is 1. The number of carbonyl (C=O) groups excluding carboxylic acids is 1. The van der Waals surface area contributed by atoms with Gasteiger partial charge in [0.25, 0.3) is 0 Å². The Morgan fingerprint density at radius 2 is 2.00 bits per heavy atom. The summed E-state index contributed by atoms with van der Waals surface area (Å²) < 4.78 is 0. The van der Waals surface area contributed by atoms with Gasteiger partial charge in [-0.05, 0) is 45.3 Å². The summed E-state index contributed by atoms with van der Waals surface area (Å²) in [6.45, 7) is 8.35. The van der Waals surface area contributed by atoms with Gasteiger partial charge in [0, 0.05) is 17.9 Å². The van der Waals surface area contributed by atoms with Crippen molar-refractivity contribution in [2.24, 2.45) is 0 Å². The van der Waals surface area contributed by atoms with Crippen LogP contribution in [0.3, 0.4) is 0 Å². The van der Waals surface area contributed by atoms with Gasteiger partial charge in [-0.1, -0.05) is 24.3 Å². The smallest absolute Gasteiger partial charge is 0.227 e. The molecule has 108 valence electrons. The van der Waals surface area contributed by atoms with Crippen LogP contribution in [0.1, 0.15) is 44.7 Å². The summed E-state index contributed by atoms with van der Waals surface area (Å²) in [5.74, 6) is 0.671. The zero-order valence-electron chi connectivity index (χ0n) is 12.7. The number of carbonyl (C=O) groups is 1. The van der Waals surface area contributed by atoms with E-state index >= 15 is 0 Å². The molecule has 0 spiro atoms. The third-order valence-corrected chi connectivity index (χ3v) is 4.07. The summed E-state index contributed by atoms with van der Waals surface area (Å²) in [5, 5.41) is 0. The zero-order valence-corrected chi connectivity index (χ0v) is 13.4. The number of fused-ring (bicyclic) bond motifs is 1. The van der Waals surface area contributed by atoms with Gasteiger partial charge in [-0.3, -0.25) is 4.79 Å². The van der Waals surface area contributed by atoms with Crippen molar-refractivity contribution in [2.45, 2.75) is 46.1 Å². The van der Waals surface area contributed by atoms with Crippen molar-refractivity contribution in [3.63, 3.8) is 0 Å². The Kier molecular flexibility index (Phi) is 4.24. The number of rotatable bonds is 3. The van der Waals surface area contributed by atoms with Crippen molar-refractivity contribution in [2.75, 3.05) is 10.8 Å². The first-order valence-corrected chi connectivity index (χ1v) is 7.60. The molecule has 1 aromatic rings. The van der Waals surface area contributed by atoms with Crippen molar-refractivity contribution in [1.82, 2.24) is 0 Å². The Morgan fingerprint density at radius 3 is 2.65 bits per heavy atom. The van der Waals surface area contributed by atoms with Crippen LogP contribution < -0.4 is 4.90 Å². The first-order valence-electron chi connectivity index (χ1n) is 7.07. The molecule has 1 heterocycles. The molecule has 0 saturated carbocycles. The summed E-state index contributed by atoms with van der Waals surface area (Å²) >= 11 is 5.73. The molecule has 0 saturated heterocycles. The highest BCUT2D eigenvalue weighted by molar-refractivity contribution is 6.18. The maximum Gasteiger partial charge on any atom is 0.227 e. The summed E-state index contributed by atoms with van der Waals surface area (Å²) in [5.41, 5.74) is 4.28. The van der Waals surface area contributed by atoms with E-state index < -0.39 is 0 Å². The summed E-state index contributed by atoms with van der Waals surface area (Å²) in [4.78, 5) is 14.6. The van der Waals surface area contributed by atoms with Gasteiger partial charge in [0.05, 0.1) is 11.2 Å². The van der Waals surface area contributed by atoms with Gasteiger partial charge < -0.3 is 4.90 Å². The highest BCUT2D eigenvalue weighted by Gasteiger charge is 2.36. The van der Waals surface area contributed by atoms with Crippen LogP contribution in [0.15, 0.2) is 24.3 Å². The second-order valence-electron chi connectivity index (χ2n) is 5.97. The van der Waals surface area contributed by atoms with E-state index in [0.717, 1.165) is 23.2 Å². The molecule has 3 heteroatoms. The van der Waals surface area contributed by atoms with Crippen LogP contribution in [0.5, 0.6) is 0 Å². The summed E-state index contributed by atoms with van der Waals surface area (Å²) in [6.07, 6.45) is 3.39. The molecule has 0 aliphatic carbocycles. The minimum absolute atomic E-state index is 0.148. The van der Waals surface area contributed by atoms with E-state index in [4.69, 9.17) is 11.6 Å². The quantitative estimate of drug-likeness (QED) is 0.749. The predicted molar refractivity (Wildman–Crippen MR) is 86.3 cm³/mol. The fraction of sp³-hybridized carbons (Fsp3) is 0.471. The number of hydrogen-bond donors (Lipinski definition) is 0. The fourth-order valence-electron chi connectivity index (χ4n) is 3.01. The molecule has 0 atom stereocenters. The third-order valence-electron chi connectivity index (χ3n) is 3.81. The Labute approximate surface area is 126 Å². The molecule has 2 rings (SSSR count). The number of halogens is 1. The standard InChI is InChI=1S/C17H22ClNO/c1-12-7-5-8-14-13(2)11-17(3,4)19(16(12)14)15(20)9-6-10-18/h5,7-8,11H,6,9-10H2,1-4H3. The monoisotopic (exact) mass is 291 g/mol. The predicted octanol–water partition coefficient (Wildman–Crippen LogP) is 4.54. The maximum absolute atomic E-state index is 12.6. The molecule has 1 aromatic carbocycles. The minimum atomic E-state index is -0.299. The molecule has 20 heavy (non-hydrogen) atoms. The largest absolute Gasteiger partial charge is 0.302 e. The lowest BCUT2D eigenvalue weighted by atomic mass is 9.87. The van der Waals surface area contributed by atoms with Gasteiger partial charge in [-0.15, -0.1) is 11.6 Å². The fourth-order valence-corrected chi connectivity index (χ4v) is 3.14. The van der Waals surface area contributed by atoms with Crippen LogP contribution in [-0.2, 0) is 4.79 Å². The van der Waals surface area contributed by atoms with Crippen molar-refractivity contribution < 1.29 is 4.79 Å². The second-order valence-corrected chi connectivity index (χ2v) is 6.35. The van der Waals surface area contributed by atoms with Gasteiger partial charge in [0.15, 0.2) is 0 Å².